The van der Waals surface area contributed by atoms with Gasteiger partial charge in [-0.15, -0.1) is 0 Å². The normalized spacial score (nSPS) is 11.6. The first kappa shape index (κ1) is 17.8. The van der Waals surface area contributed by atoms with Crippen LogP contribution >= 0.6 is 0 Å². The topological polar surface area (TPSA) is 57.9 Å². The highest BCUT2D eigenvalue weighted by atomic mass is 19.4. The molecule has 2 heterocycles. The van der Waals surface area contributed by atoms with E-state index in [1.54, 1.807) is 13.0 Å². The summed E-state index contributed by atoms with van der Waals surface area (Å²) >= 11 is 0. The summed E-state index contributed by atoms with van der Waals surface area (Å²) in [7, 11) is 4.28. The summed E-state index contributed by atoms with van der Waals surface area (Å²) in [5.41, 5.74) is -1.17. The molecule has 24 heavy (non-hydrogen) atoms. The van der Waals surface area contributed by atoms with Gasteiger partial charge in [-0.05, 0) is 18.6 Å². The maximum absolute atomic E-state index is 13.3. The summed E-state index contributed by atoms with van der Waals surface area (Å²) in [5.74, 6) is -1.32. The molecule has 6 nitrogen and oxygen atoms in total. The van der Waals surface area contributed by atoms with Crippen LogP contribution in [0, 0.1) is 6.92 Å². The summed E-state index contributed by atoms with van der Waals surface area (Å²) in [6.07, 6.45) is -3.37. The standard InChI is InChI=1S/C15H17F3N4O2/c1-9-5-6-10-19-13(15(16,17)18)12(22(10)7-9)14(24)21(4)8-11(23)20(2)3/h5-7H,8H2,1-4H3. The Bertz CT molecular complexity index is 796. The van der Waals surface area contributed by atoms with Gasteiger partial charge >= 0.3 is 6.18 Å². The van der Waals surface area contributed by atoms with Crippen molar-refractivity contribution in [3.8, 4) is 0 Å². The fraction of sp³-hybridized carbons (Fsp3) is 0.400. The molecule has 0 aliphatic rings. The summed E-state index contributed by atoms with van der Waals surface area (Å²) in [6, 6.07) is 3.02. The molecule has 2 aromatic rings. The number of pyridine rings is 1. The number of aryl methyl sites for hydroxylation is 1. The number of carbonyl (C=O) groups excluding carboxylic acids is 2. The van der Waals surface area contributed by atoms with E-state index in [-0.39, 0.29) is 12.2 Å². The minimum absolute atomic E-state index is 0.0172. The number of aromatic nitrogens is 2. The number of fused-ring (bicyclic) bond motifs is 1. The van der Waals surface area contributed by atoms with Crippen molar-refractivity contribution in [2.24, 2.45) is 0 Å². The third-order valence-corrected chi connectivity index (χ3v) is 3.46. The van der Waals surface area contributed by atoms with E-state index in [9.17, 15) is 22.8 Å². The fourth-order valence-corrected chi connectivity index (χ4v) is 2.15. The number of hydrogen-bond acceptors (Lipinski definition) is 3. The molecular weight excluding hydrogens is 325 g/mol. The maximum atomic E-state index is 13.3. The highest BCUT2D eigenvalue weighted by molar-refractivity contribution is 5.97. The molecule has 2 rings (SSSR count). The first-order valence-corrected chi connectivity index (χ1v) is 7.04. The Morgan fingerprint density at radius 1 is 1.21 bits per heavy atom. The Hall–Kier alpha value is -2.58. The number of imidazole rings is 1. The molecule has 0 aliphatic carbocycles. The van der Waals surface area contributed by atoms with Gasteiger partial charge in [0.05, 0.1) is 6.54 Å². The lowest BCUT2D eigenvalue weighted by molar-refractivity contribution is -0.141. The van der Waals surface area contributed by atoms with Crippen LogP contribution in [0.15, 0.2) is 18.3 Å². The van der Waals surface area contributed by atoms with Gasteiger partial charge in [0.2, 0.25) is 5.91 Å². The first-order valence-electron chi connectivity index (χ1n) is 7.04. The Morgan fingerprint density at radius 2 is 1.83 bits per heavy atom. The van der Waals surface area contributed by atoms with Gasteiger partial charge < -0.3 is 9.80 Å². The average molecular weight is 342 g/mol. The van der Waals surface area contributed by atoms with E-state index in [0.29, 0.717) is 5.56 Å². The summed E-state index contributed by atoms with van der Waals surface area (Å²) in [4.78, 5) is 30.0. The van der Waals surface area contributed by atoms with Crippen molar-refractivity contribution in [3.63, 3.8) is 0 Å². The van der Waals surface area contributed by atoms with E-state index in [0.717, 1.165) is 9.30 Å². The quantitative estimate of drug-likeness (QED) is 0.855. The van der Waals surface area contributed by atoms with Crippen molar-refractivity contribution in [1.82, 2.24) is 19.2 Å². The van der Waals surface area contributed by atoms with Gasteiger partial charge in [-0.1, -0.05) is 6.07 Å². The molecule has 0 radical (unpaired) electrons. The Kier molecular flexibility index (Phi) is 4.54. The summed E-state index contributed by atoms with van der Waals surface area (Å²) < 4.78 is 40.9. The molecule has 0 aromatic carbocycles. The van der Waals surface area contributed by atoms with E-state index in [1.165, 1.54) is 38.3 Å². The second-order valence-electron chi connectivity index (χ2n) is 5.69. The average Bonchev–Trinajstić information content (AvgIpc) is 2.84. The lowest BCUT2D eigenvalue weighted by Gasteiger charge is -2.20. The third kappa shape index (κ3) is 3.34. The number of carbonyl (C=O) groups is 2. The molecule has 0 unspecified atom stereocenters. The van der Waals surface area contributed by atoms with E-state index in [1.807, 2.05) is 0 Å². The van der Waals surface area contributed by atoms with Gasteiger partial charge in [-0.25, -0.2) is 4.98 Å². The van der Waals surface area contributed by atoms with Gasteiger partial charge in [0.15, 0.2) is 5.69 Å². The lowest BCUT2D eigenvalue weighted by atomic mass is 10.2. The largest absolute Gasteiger partial charge is 0.435 e. The molecular formula is C15H17F3N4O2. The predicted octanol–water partition coefficient (Wildman–Crippen LogP) is 1.82. The Labute approximate surface area is 136 Å². The zero-order valence-electron chi connectivity index (χ0n) is 13.7. The molecule has 0 saturated heterocycles. The molecule has 0 saturated carbocycles. The molecule has 2 amide bonds. The Morgan fingerprint density at radius 3 is 2.38 bits per heavy atom. The number of likely N-dealkylation sites (N-methyl/N-ethyl adjacent to an activating group) is 2. The summed E-state index contributed by atoms with van der Waals surface area (Å²) in [6.45, 7) is 1.36. The van der Waals surface area contributed by atoms with E-state index in [2.05, 4.69) is 4.98 Å². The maximum Gasteiger partial charge on any atom is 0.435 e. The van der Waals surface area contributed by atoms with E-state index >= 15 is 0 Å². The van der Waals surface area contributed by atoms with Crippen molar-refractivity contribution >= 4 is 17.5 Å². The second-order valence-corrected chi connectivity index (χ2v) is 5.69. The van der Waals surface area contributed by atoms with Crippen LogP contribution < -0.4 is 0 Å². The molecule has 9 heteroatoms. The fourth-order valence-electron chi connectivity index (χ4n) is 2.15. The molecule has 2 aromatic heterocycles. The lowest BCUT2D eigenvalue weighted by Crippen LogP contribution is -2.38. The van der Waals surface area contributed by atoms with Crippen molar-refractivity contribution < 1.29 is 22.8 Å². The number of alkyl halides is 3. The SMILES string of the molecule is Cc1ccc2nc(C(F)(F)F)c(C(=O)N(C)CC(=O)N(C)C)n2c1. The molecule has 0 atom stereocenters. The van der Waals surface area contributed by atoms with Crippen molar-refractivity contribution in [3.05, 3.63) is 35.3 Å². The zero-order valence-corrected chi connectivity index (χ0v) is 13.7. The van der Waals surface area contributed by atoms with Crippen molar-refractivity contribution in [1.29, 1.82) is 0 Å². The molecule has 130 valence electrons. The minimum Gasteiger partial charge on any atom is -0.347 e. The van der Waals surface area contributed by atoms with Gasteiger partial charge in [-0.2, -0.15) is 13.2 Å². The first-order chi connectivity index (χ1) is 11.0. The number of amides is 2. The van der Waals surface area contributed by atoms with Gasteiger partial charge in [0, 0.05) is 27.3 Å². The minimum atomic E-state index is -4.78. The molecule has 0 N–H and O–H groups in total. The summed E-state index contributed by atoms with van der Waals surface area (Å²) in [5, 5.41) is 0. The molecule has 0 spiro atoms. The Balaban J connectivity index is 2.54. The molecule has 0 fully saturated rings. The van der Waals surface area contributed by atoms with Crippen LogP contribution in [-0.4, -0.2) is 58.7 Å². The monoisotopic (exact) mass is 342 g/mol. The number of halogens is 3. The number of nitrogens with zero attached hydrogens (tertiary/aromatic N) is 4. The van der Waals surface area contributed by atoms with E-state index < -0.39 is 29.4 Å². The van der Waals surface area contributed by atoms with Crippen LogP contribution in [0.4, 0.5) is 13.2 Å². The number of rotatable bonds is 3. The zero-order chi connectivity index (χ0) is 18.2. The van der Waals surface area contributed by atoms with Gasteiger partial charge in [0.1, 0.15) is 11.3 Å². The van der Waals surface area contributed by atoms with E-state index in [4.69, 9.17) is 0 Å². The van der Waals surface area contributed by atoms with Crippen LogP contribution in [0.1, 0.15) is 21.7 Å². The van der Waals surface area contributed by atoms with Crippen LogP contribution in [0.25, 0.3) is 5.65 Å². The smallest absolute Gasteiger partial charge is 0.347 e. The highest BCUT2D eigenvalue weighted by Gasteiger charge is 2.41. The number of hydrogen-bond donors (Lipinski definition) is 0. The van der Waals surface area contributed by atoms with Gasteiger partial charge in [-0.3, -0.25) is 14.0 Å². The van der Waals surface area contributed by atoms with Crippen LogP contribution in [-0.2, 0) is 11.0 Å². The molecule has 0 bridgehead atoms. The van der Waals surface area contributed by atoms with Gasteiger partial charge in [0.25, 0.3) is 5.91 Å². The van der Waals surface area contributed by atoms with Crippen LogP contribution in [0.3, 0.4) is 0 Å². The van der Waals surface area contributed by atoms with Crippen LogP contribution in [0.2, 0.25) is 0 Å². The van der Waals surface area contributed by atoms with Crippen LogP contribution in [0.5, 0.6) is 0 Å². The predicted molar refractivity (Wildman–Crippen MR) is 80.6 cm³/mol. The molecule has 0 aliphatic heterocycles. The van der Waals surface area contributed by atoms with Crippen molar-refractivity contribution in [2.75, 3.05) is 27.7 Å². The third-order valence-electron chi connectivity index (χ3n) is 3.46. The van der Waals surface area contributed by atoms with Crippen molar-refractivity contribution in [2.45, 2.75) is 13.1 Å². The highest BCUT2D eigenvalue weighted by Crippen LogP contribution is 2.32. The second kappa shape index (κ2) is 6.14.